The number of nitrogens with zero attached hydrogens (tertiary/aromatic N) is 1. The number of hydrogen-bond acceptors (Lipinski definition) is 2. The molecule has 272 valence electrons. The van der Waals surface area contributed by atoms with Gasteiger partial charge in [0.1, 0.15) is 11.2 Å². The van der Waals surface area contributed by atoms with Crippen LogP contribution in [-0.4, -0.2) is 0 Å². The lowest BCUT2D eigenvalue weighted by atomic mass is 9.95. The highest BCUT2D eigenvalue weighted by Gasteiger charge is 2.17. The van der Waals surface area contributed by atoms with Crippen LogP contribution in [0, 0.1) is 0 Å². The van der Waals surface area contributed by atoms with E-state index in [2.05, 4.69) is 217 Å². The normalized spacial score (nSPS) is 11.4. The van der Waals surface area contributed by atoms with Crippen LogP contribution in [-0.2, 0) is 0 Å². The van der Waals surface area contributed by atoms with E-state index in [9.17, 15) is 0 Å². The van der Waals surface area contributed by atoms with Gasteiger partial charge in [0.15, 0.2) is 0 Å². The molecule has 11 aromatic rings. The first-order valence-electron chi connectivity index (χ1n) is 19.8. The highest BCUT2D eigenvalue weighted by molar-refractivity contribution is 6.06. The maximum absolute atomic E-state index is 6.42. The van der Waals surface area contributed by atoms with Crippen molar-refractivity contribution in [2.75, 3.05) is 4.90 Å². The third kappa shape index (κ3) is 6.09. The lowest BCUT2D eigenvalue weighted by Crippen LogP contribution is -2.10. The van der Waals surface area contributed by atoms with Crippen molar-refractivity contribution in [1.29, 1.82) is 0 Å². The molecule has 0 saturated carbocycles. The van der Waals surface area contributed by atoms with E-state index in [1.54, 1.807) is 0 Å². The highest BCUT2D eigenvalue weighted by atomic mass is 16.3. The fourth-order valence-electron chi connectivity index (χ4n) is 8.50. The van der Waals surface area contributed by atoms with Gasteiger partial charge in [-0.05, 0) is 127 Å². The van der Waals surface area contributed by atoms with E-state index in [-0.39, 0.29) is 0 Å². The van der Waals surface area contributed by atoms with E-state index < -0.39 is 0 Å². The minimum absolute atomic E-state index is 0.866. The van der Waals surface area contributed by atoms with Crippen LogP contribution in [0.3, 0.4) is 0 Å². The summed E-state index contributed by atoms with van der Waals surface area (Å²) in [6.07, 6.45) is 0. The lowest BCUT2D eigenvalue weighted by Gasteiger charge is -2.26. The molecule has 10 aromatic carbocycles. The van der Waals surface area contributed by atoms with Crippen molar-refractivity contribution >= 4 is 60.5 Å². The van der Waals surface area contributed by atoms with Crippen LogP contribution in [0.5, 0.6) is 0 Å². The van der Waals surface area contributed by atoms with Crippen molar-refractivity contribution in [3.05, 3.63) is 224 Å². The Balaban J connectivity index is 1.00. The highest BCUT2D eigenvalue weighted by Crippen LogP contribution is 2.41. The van der Waals surface area contributed by atoms with Crippen molar-refractivity contribution in [2.45, 2.75) is 0 Å². The van der Waals surface area contributed by atoms with Crippen LogP contribution in [0.2, 0.25) is 0 Å². The Hall–Kier alpha value is -7.68. The third-order valence-corrected chi connectivity index (χ3v) is 11.4. The smallest absolute Gasteiger partial charge is 0.137 e. The molecule has 0 aliphatic heterocycles. The number of rotatable bonds is 7. The molecule has 2 nitrogen and oxygen atoms in total. The Labute approximate surface area is 337 Å². The average Bonchev–Trinajstić information content (AvgIpc) is 3.67. The number of furan rings is 1. The monoisotopic (exact) mass is 739 g/mol. The molecule has 11 rings (SSSR count). The maximum Gasteiger partial charge on any atom is 0.137 e. The number of fused-ring (bicyclic) bond motifs is 5. The molecular formula is C56H37NO. The topological polar surface area (TPSA) is 16.4 Å². The number of anilines is 3. The molecule has 0 bridgehead atoms. The molecule has 0 atom stereocenters. The van der Waals surface area contributed by atoms with Gasteiger partial charge >= 0.3 is 0 Å². The second kappa shape index (κ2) is 14.1. The summed E-state index contributed by atoms with van der Waals surface area (Å²) in [6.45, 7) is 0. The molecular weight excluding hydrogens is 703 g/mol. The largest absolute Gasteiger partial charge is 0.456 e. The van der Waals surface area contributed by atoms with Gasteiger partial charge in [0.25, 0.3) is 0 Å². The summed E-state index contributed by atoms with van der Waals surface area (Å²) < 4.78 is 6.42. The molecule has 0 fully saturated rings. The SMILES string of the molecule is c1ccc(-c2cccc3ccc(-c4ccc(N(c5cccc(-c6cccc(-c7ccc8ccccc8c7)c6)c5)c5ccc6c(c5)oc5ccccc56)cc4)cc23)cc1. The van der Waals surface area contributed by atoms with Crippen molar-refractivity contribution in [3.8, 4) is 44.5 Å². The minimum Gasteiger partial charge on any atom is -0.456 e. The predicted octanol–water partition coefficient (Wildman–Crippen LogP) is 16.0. The number of hydrogen-bond donors (Lipinski definition) is 0. The summed E-state index contributed by atoms with van der Waals surface area (Å²) in [5, 5.41) is 7.21. The van der Waals surface area contributed by atoms with Gasteiger partial charge in [-0.2, -0.15) is 0 Å². The Morgan fingerprint density at radius 2 is 0.828 bits per heavy atom. The second-order valence-corrected chi connectivity index (χ2v) is 15.0. The van der Waals surface area contributed by atoms with Crippen LogP contribution in [0.15, 0.2) is 229 Å². The molecule has 0 saturated heterocycles. The van der Waals surface area contributed by atoms with Crippen molar-refractivity contribution in [3.63, 3.8) is 0 Å². The van der Waals surface area contributed by atoms with Gasteiger partial charge in [-0.25, -0.2) is 0 Å². The standard InChI is InChI=1S/C56H37NO/c1-2-12-40(13-3-1)51-21-10-15-41-24-26-47(36-54(41)51)39-27-29-48(30-28-39)57(50-31-32-53-52-20-6-7-22-55(52)58-56(53)37-50)49-19-9-18-45(35-49)43-16-8-17-44(34-43)46-25-23-38-11-4-5-14-42(38)33-46/h1-37H. The summed E-state index contributed by atoms with van der Waals surface area (Å²) >= 11 is 0. The van der Waals surface area contributed by atoms with Crippen LogP contribution in [0.25, 0.3) is 88.0 Å². The van der Waals surface area contributed by atoms with Gasteiger partial charge in [-0.1, -0.05) is 158 Å². The van der Waals surface area contributed by atoms with Gasteiger partial charge in [0, 0.05) is 33.9 Å². The van der Waals surface area contributed by atoms with E-state index in [0.29, 0.717) is 0 Å². The van der Waals surface area contributed by atoms with Crippen LogP contribution < -0.4 is 4.90 Å². The number of benzene rings is 10. The van der Waals surface area contributed by atoms with Gasteiger partial charge in [-0.3, -0.25) is 0 Å². The Bertz CT molecular complexity index is 3290. The van der Waals surface area contributed by atoms with Crippen molar-refractivity contribution < 1.29 is 4.42 Å². The minimum atomic E-state index is 0.866. The molecule has 0 amide bonds. The molecule has 0 aliphatic rings. The molecule has 2 heteroatoms. The summed E-state index contributed by atoms with van der Waals surface area (Å²) in [5.41, 5.74) is 14.5. The average molecular weight is 740 g/mol. The summed E-state index contributed by atoms with van der Waals surface area (Å²) in [5.74, 6) is 0. The fourth-order valence-corrected chi connectivity index (χ4v) is 8.50. The Kier molecular flexibility index (Phi) is 8.19. The Morgan fingerprint density at radius 3 is 1.67 bits per heavy atom. The first-order chi connectivity index (χ1) is 28.7. The molecule has 58 heavy (non-hydrogen) atoms. The fraction of sp³-hybridized carbons (Fsp3) is 0. The lowest BCUT2D eigenvalue weighted by molar-refractivity contribution is 0.669. The second-order valence-electron chi connectivity index (χ2n) is 15.0. The van der Waals surface area contributed by atoms with E-state index >= 15 is 0 Å². The summed E-state index contributed by atoms with van der Waals surface area (Å²) in [4.78, 5) is 2.33. The zero-order valence-electron chi connectivity index (χ0n) is 31.7. The van der Waals surface area contributed by atoms with E-state index in [1.165, 1.54) is 60.5 Å². The van der Waals surface area contributed by atoms with Gasteiger partial charge in [0.05, 0.1) is 0 Å². The van der Waals surface area contributed by atoms with Gasteiger partial charge in [-0.15, -0.1) is 0 Å². The molecule has 0 spiro atoms. The first kappa shape index (κ1) is 33.6. The van der Waals surface area contributed by atoms with Crippen LogP contribution in [0.1, 0.15) is 0 Å². The summed E-state index contributed by atoms with van der Waals surface area (Å²) in [6, 6.07) is 80.8. The zero-order valence-corrected chi connectivity index (χ0v) is 31.7. The van der Waals surface area contributed by atoms with Crippen molar-refractivity contribution in [2.24, 2.45) is 0 Å². The van der Waals surface area contributed by atoms with Gasteiger partial charge in [0.2, 0.25) is 0 Å². The number of para-hydroxylation sites is 1. The third-order valence-electron chi connectivity index (χ3n) is 11.4. The van der Waals surface area contributed by atoms with Crippen LogP contribution in [0.4, 0.5) is 17.1 Å². The molecule has 1 aromatic heterocycles. The zero-order chi connectivity index (χ0) is 38.4. The van der Waals surface area contributed by atoms with Crippen molar-refractivity contribution in [1.82, 2.24) is 0 Å². The van der Waals surface area contributed by atoms with E-state index in [0.717, 1.165) is 44.6 Å². The van der Waals surface area contributed by atoms with Gasteiger partial charge < -0.3 is 9.32 Å². The molecule has 0 radical (unpaired) electrons. The molecule has 0 aliphatic carbocycles. The first-order valence-corrected chi connectivity index (χ1v) is 19.8. The van der Waals surface area contributed by atoms with E-state index in [1.807, 2.05) is 12.1 Å². The van der Waals surface area contributed by atoms with E-state index in [4.69, 9.17) is 4.42 Å². The maximum atomic E-state index is 6.42. The predicted molar refractivity (Wildman–Crippen MR) is 245 cm³/mol. The van der Waals surface area contributed by atoms with Crippen LogP contribution >= 0.6 is 0 Å². The summed E-state index contributed by atoms with van der Waals surface area (Å²) in [7, 11) is 0. The quantitative estimate of drug-likeness (QED) is 0.162. The molecule has 0 unspecified atom stereocenters. The molecule has 0 N–H and O–H groups in total. The Morgan fingerprint density at radius 1 is 0.259 bits per heavy atom. The molecule has 1 heterocycles.